The fourth-order valence-electron chi connectivity index (χ4n) is 2.36. The molecule has 1 aliphatic heterocycles. The van der Waals surface area contributed by atoms with Gasteiger partial charge in [0.05, 0.1) is 17.5 Å². The minimum Gasteiger partial charge on any atom is -0.320 e. The summed E-state index contributed by atoms with van der Waals surface area (Å²) in [6.07, 6.45) is 0.449. The third kappa shape index (κ3) is 2.06. The lowest BCUT2D eigenvalue weighted by molar-refractivity contribution is -0.117. The van der Waals surface area contributed by atoms with E-state index in [0.29, 0.717) is 11.4 Å². The molecule has 0 spiro atoms. The lowest BCUT2D eigenvalue weighted by Crippen LogP contribution is -2.20. The summed E-state index contributed by atoms with van der Waals surface area (Å²) in [5.41, 5.74) is 9.25. The van der Waals surface area contributed by atoms with Crippen LogP contribution in [0.2, 0.25) is 5.02 Å². The zero-order valence-electron chi connectivity index (χ0n) is 10.4. The Balaban J connectivity index is 1.98. The molecule has 2 aromatic rings. The number of nitrogens with zero attached hydrogens (tertiary/aromatic N) is 1. The van der Waals surface area contributed by atoms with E-state index in [1.165, 1.54) is 0 Å². The van der Waals surface area contributed by atoms with Crippen molar-refractivity contribution in [3.05, 3.63) is 50.7 Å². The van der Waals surface area contributed by atoms with Gasteiger partial charge in [-0.1, -0.05) is 23.7 Å². The number of nitrogens with two attached hydrogens (primary N) is 1. The van der Waals surface area contributed by atoms with Crippen LogP contribution in [0.3, 0.4) is 0 Å². The molecule has 19 heavy (non-hydrogen) atoms. The number of amides is 1. The molecule has 1 aromatic heterocycles. The first-order chi connectivity index (χ1) is 9.08. The van der Waals surface area contributed by atoms with E-state index in [2.05, 4.69) is 0 Å². The van der Waals surface area contributed by atoms with Crippen LogP contribution in [-0.4, -0.2) is 13.0 Å². The first-order valence-corrected chi connectivity index (χ1v) is 7.21. The number of carbonyl (C=O) groups excluding carboxylic acids is 1. The van der Waals surface area contributed by atoms with E-state index in [9.17, 15) is 4.79 Å². The largest absolute Gasteiger partial charge is 0.320 e. The molecule has 3 nitrogen and oxygen atoms in total. The molecule has 0 bridgehead atoms. The van der Waals surface area contributed by atoms with Gasteiger partial charge in [-0.25, -0.2) is 0 Å². The molecule has 0 saturated carbocycles. The van der Waals surface area contributed by atoms with Crippen LogP contribution in [0.4, 0.5) is 5.69 Å². The Labute approximate surface area is 120 Å². The number of carbonyl (C=O) groups is 1. The number of thiophene rings is 1. The van der Waals surface area contributed by atoms with Gasteiger partial charge in [-0.2, -0.15) is 0 Å². The molecule has 2 heterocycles. The SMILES string of the molecule is CN1C(=O)Cc2cc(C(N)c3sccc3Cl)ccc21. The van der Waals surface area contributed by atoms with Gasteiger partial charge in [0.15, 0.2) is 0 Å². The van der Waals surface area contributed by atoms with Crippen LogP contribution >= 0.6 is 22.9 Å². The zero-order chi connectivity index (χ0) is 13.6. The molecule has 1 atom stereocenters. The standard InChI is InChI=1S/C14H13ClN2OS/c1-17-11-3-2-8(6-9(11)7-12(17)18)13(16)14-10(15)4-5-19-14/h2-6,13H,7,16H2,1H3. The molecule has 5 heteroatoms. The van der Waals surface area contributed by atoms with Gasteiger partial charge in [-0.3, -0.25) is 4.79 Å². The highest BCUT2D eigenvalue weighted by atomic mass is 35.5. The van der Waals surface area contributed by atoms with Gasteiger partial charge >= 0.3 is 0 Å². The van der Waals surface area contributed by atoms with Crippen molar-refractivity contribution in [3.8, 4) is 0 Å². The third-order valence-electron chi connectivity index (χ3n) is 3.47. The second-order valence-corrected chi connectivity index (χ2v) is 5.98. The van der Waals surface area contributed by atoms with Gasteiger partial charge in [0.25, 0.3) is 0 Å². The molecule has 1 aromatic carbocycles. The van der Waals surface area contributed by atoms with Crippen molar-refractivity contribution >= 4 is 34.5 Å². The van der Waals surface area contributed by atoms with Crippen LogP contribution in [0.15, 0.2) is 29.6 Å². The van der Waals surface area contributed by atoms with Gasteiger partial charge < -0.3 is 10.6 Å². The summed E-state index contributed by atoms with van der Waals surface area (Å²) in [6.45, 7) is 0. The molecule has 0 fully saturated rings. The van der Waals surface area contributed by atoms with Gasteiger partial charge in [0.1, 0.15) is 0 Å². The molecular formula is C14H13ClN2OS. The lowest BCUT2D eigenvalue weighted by Gasteiger charge is -2.14. The predicted octanol–water partition coefficient (Wildman–Crippen LogP) is 2.97. The fraction of sp³-hybridized carbons (Fsp3) is 0.214. The van der Waals surface area contributed by atoms with E-state index in [1.807, 2.05) is 29.6 Å². The van der Waals surface area contributed by atoms with E-state index in [0.717, 1.165) is 21.7 Å². The van der Waals surface area contributed by atoms with Crippen molar-refractivity contribution in [2.75, 3.05) is 11.9 Å². The van der Waals surface area contributed by atoms with Crippen molar-refractivity contribution in [3.63, 3.8) is 0 Å². The monoisotopic (exact) mass is 292 g/mol. The number of halogens is 1. The normalized spacial score (nSPS) is 15.7. The number of rotatable bonds is 2. The maximum atomic E-state index is 11.7. The van der Waals surface area contributed by atoms with Crippen LogP contribution in [0.5, 0.6) is 0 Å². The predicted molar refractivity (Wildman–Crippen MR) is 78.9 cm³/mol. The molecule has 1 aliphatic rings. The Morgan fingerprint density at radius 3 is 2.89 bits per heavy atom. The molecule has 98 valence electrons. The number of anilines is 1. The number of hydrogen-bond donors (Lipinski definition) is 1. The Hall–Kier alpha value is -1.36. The maximum Gasteiger partial charge on any atom is 0.231 e. The van der Waals surface area contributed by atoms with Crippen LogP contribution in [0.25, 0.3) is 0 Å². The smallest absolute Gasteiger partial charge is 0.231 e. The quantitative estimate of drug-likeness (QED) is 0.925. The highest BCUT2D eigenvalue weighted by Crippen LogP contribution is 2.35. The topological polar surface area (TPSA) is 46.3 Å². The van der Waals surface area contributed by atoms with E-state index in [1.54, 1.807) is 23.3 Å². The molecule has 3 rings (SSSR count). The average Bonchev–Trinajstić information content (AvgIpc) is 2.93. The zero-order valence-corrected chi connectivity index (χ0v) is 12.0. The summed E-state index contributed by atoms with van der Waals surface area (Å²) >= 11 is 7.67. The van der Waals surface area contributed by atoms with Crippen LogP contribution < -0.4 is 10.6 Å². The summed E-state index contributed by atoms with van der Waals surface area (Å²) < 4.78 is 0. The van der Waals surface area contributed by atoms with Crippen molar-refractivity contribution in [1.29, 1.82) is 0 Å². The molecule has 2 N–H and O–H groups in total. The van der Waals surface area contributed by atoms with Crippen molar-refractivity contribution < 1.29 is 4.79 Å². The molecule has 0 aliphatic carbocycles. The summed E-state index contributed by atoms with van der Waals surface area (Å²) in [4.78, 5) is 14.3. The molecule has 1 amide bonds. The maximum absolute atomic E-state index is 11.7. The number of hydrogen-bond acceptors (Lipinski definition) is 3. The summed E-state index contributed by atoms with van der Waals surface area (Å²) in [6, 6.07) is 7.55. The van der Waals surface area contributed by atoms with Crippen LogP contribution in [0.1, 0.15) is 22.0 Å². The molecular weight excluding hydrogens is 280 g/mol. The first-order valence-electron chi connectivity index (χ1n) is 5.96. The molecule has 1 unspecified atom stereocenters. The molecule has 0 saturated heterocycles. The Kier molecular flexibility index (Phi) is 3.09. The minimum absolute atomic E-state index is 0.120. The second-order valence-electron chi connectivity index (χ2n) is 4.63. The number of benzene rings is 1. The van der Waals surface area contributed by atoms with Crippen LogP contribution in [-0.2, 0) is 11.2 Å². The van der Waals surface area contributed by atoms with E-state index < -0.39 is 0 Å². The number of fused-ring (bicyclic) bond motifs is 1. The van der Waals surface area contributed by atoms with E-state index in [4.69, 9.17) is 17.3 Å². The highest BCUT2D eigenvalue weighted by Gasteiger charge is 2.25. The second kappa shape index (κ2) is 4.63. The Morgan fingerprint density at radius 1 is 1.42 bits per heavy atom. The molecule has 0 radical (unpaired) electrons. The third-order valence-corrected chi connectivity index (χ3v) is 4.91. The van der Waals surface area contributed by atoms with E-state index >= 15 is 0 Å². The van der Waals surface area contributed by atoms with E-state index in [-0.39, 0.29) is 11.9 Å². The Morgan fingerprint density at radius 2 is 2.21 bits per heavy atom. The highest BCUT2D eigenvalue weighted by molar-refractivity contribution is 7.10. The van der Waals surface area contributed by atoms with Crippen LogP contribution in [0, 0.1) is 0 Å². The summed E-state index contributed by atoms with van der Waals surface area (Å²) in [5, 5.41) is 2.63. The van der Waals surface area contributed by atoms with Gasteiger partial charge in [0.2, 0.25) is 5.91 Å². The minimum atomic E-state index is -0.237. The summed E-state index contributed by atoms with van der Waals surface area (Å²) in [5.74, 6) is 0.120. The first kappa shape index (κ1) is 12.7. The number of likely N-dealkylation sites (N-methyl/N-ethyl adjacent to an activating group) is 1. The van der Waals surface area contributed by atoms with Crippen molar-refractivity contribution in [2.24, 2.45) is 5.73 Å². The fourth-order valence-corrected chi connectivity index (χ4v) is 3.57. The summed E-state index contributed by atoms with van der Waals surface area (Å²) in [7, 11) is 1.80. The average molecular weight is 293 g/mol. The van der Waals surface area contributed by atoms with Crippen molar-refractivity contribution in [2.45, 2.75) is 12.5 Å². The van der Waals surface area contributed by atoms with Gasteiger partial charge in [-0.15, -0.1) is 11.3 Å². The Bertz CT molecular complexity index is 653. The lowest BCUT2D eigenvalue weighted by atomic mass is 10.0. The van der Waals surface area contributed by atoms with Gasteiger partial charge in [-0.05, 0) is 28.6 Å². The van der Waals surface area contributed by atoms with Crippen molar-refractivity contribution in [1.82, 2.24) is 0 Å². The van der Waals surface area contributed by atoms with Gasteiger partial charge in [0, 0.05) is 17.6 Å².